The number of hydrogen-bond donors (Lipinski definition) is 1. The smallest absolute Gasteiger partial charge is 0.317 e. The Kier molecular flexibility index (Phi) is 7.12. The number of rotatable bonds is 6. The number of carbonyl (C=O) groups excluding carboxylic acids is 1. The zero-order chi connectivity index (χ0) is 22.3. The molecule has 2 amide bonds. The van der Waals surface area contributed by atoms with Gasteiger partial charge in [-0.1, -0.05) is 48.5 Å². The van der Waals surface area contributed by atoms with Crippen molar-refractivity contribution in [3.63, 3.8) is 0 Å². The van der Waals surface area contributed by atoms with Gasteiger partial charge in [0.05, 0.1) is 6.54 Å². The maximum Gasteiger partial charge on any atom is 0.322 e. The monoisotopic (exact) mass is 435 g/mol. The van der Waals surface area contributed by atoms with E-state index >= 15 is 0 Å². The lowest BCUT2D eigenvalue weighted by Crippen LogP contribution is -2.48. The maximum absolute atomic E-state index is 14.3. The highest BCUT2D eigenvalue weighted by Crippen LogP contribution is 2.23. The number of urea groups is 1. The van der Waals surface area contributed by atoms with E-state index in [-0.39, 0.29) is 30.3 Å². The second-order valence-electron chi connectivity index (χ2n) is 8.15. The summed E-state index contributed by atoms with van der Waals surface area (Å²) < 4.78 is 27.6. The zero-order valence-electron chi connectivity index (χ0n) is 17.9. The minimum atomic E-state index is -0.364. The van der Waals surface area contributed by atoms with Gasteiger partial charge in [-0.25, -0.2) is 13.6 Å². The minimum absolute atomic E-state index is 0.0120. The fourth-order valence-electron chi connectivity index (χ4n) is 4.14. The molecule has 0 saturated carbocycles. The van der Waals surface area contributed by atoms with Crippen molar-refractivity contribution in [3.8, 4) is 0 Å². The quantitative estimate of drug-likeness (QED) is 0.542. The molecule has 166 valence electrons. The van der Waals surface area contributed by atoms with Crippen molar-refractivity contribution >= 4 is 11.7 Å². The summed E-state index contributed by atoms with van der Waals surface area (Å²) in [6.07, 6.45) is 1.61. The summed E-state index contributed by atoms with van der Waals surface area (Å²) in [7, 11) is 0. The van der Waals surface area contributed by atoms with E-state index in [4.69, 9.17) is 0 Å². The second-order valence-corrected chi connectivity index (χ2v) is 8.15. The van der Waals surface area contributed by atoms with Gasteiger partial charge in [-0.3, -0.25) is 4.90 Å². The number of amides is 2. The molecular weight excluding hydrogens is 408 g/mol. The third-order valence-electron chi connectivity index (χ3n) is 5.90. The van der Waals surface area contributed by atoms with Gasteiger partial charge in [0, 0.05) is 36.9 Å². The predicted octanol–water partition coefficient (Wildman–Crippen LogP) is 5.66. The fourth-order valence-corrected chi connectivity index (χ4v) is 4.14. The standard InChI is InChI=1S/C26H27F2N3O/c27-22-10-12-23(13-11-22)29-26(32)31(19-21-8-4-5-9-25(21)28)24-14-16-30(17-15-24)18-20-6-2-1-3-7-20/h1-13,24H,14-19H2,(H,29,32). The first-order valence-electron chi connectivity index (χ1n) is 10.9. The Morgan fingerprint density at radius 3 is 2.25 bits per heavy atom. The SMILES string of the molecule is O=C(Nc1ccc(F)cc1)N(Cc1ccccc1F)C1CCN(Cc2ccccc2)CC1. The number of carbonyl (C=O) groups is 1. The van der Waals surface area contributed by atoms with Gasteiger partial charge in [0.25, 0.3) is 0 Å². The molecular formula is C26H27F2N3O. The molecule has 0 radical (unpaired) electrons. The highest BCUT2D eigenvalue weighted by molar-refractivity contribution is 5.89. The predicted molar refractivity (Wildman–Crippen MR) is 122 cm³/mol. The number of hydrogen-bond acceptors (Lipinski definition) is 2. The van der Waals surface area contributed by atoms with Gasteiger partial charge in [0.15, 0.2) is 0 Å². The van der Waals surface area contributed by atoms with Crippen LogP contribution in [0.2, 0.25) is 0 Å². The van der Waals surface area contributed by atoms with Crippen molar-refractivity contribution in [2.75, 3.05) is 18.4 Å². The Labute approximate surface area is 187 Å². The highest BCUT2D eigenvalue weighted by atomic mass is 19.1. The number of nitrogens with one attached hydrogen (secondary N) is 1. The summed E-state index contributed by atoms with van der Waals surface area (Å²) >= 11 is 0. The summed E-state index contributed by atoms with van der Waals surface area (Å²) in [6.45, 7) is 2.78. The molecule has 1 N–H and O–H groups in total. The first-order valence-corrected chi connectivity index (χ1v) is 10.9. The van der Waals surface area contributed by atoms with Crippen LogP contribution in [0.15, 0.2) is 78.9 Å². The molecule has 0 aromatic heterocycles. The first-order chi connectivity index (χ1) is 15.6. The number of benzene rings is 3. The number of likely N-dealkylation sites (tertiary alicyclic amines) is 1. The van der Waals surface area contributed by atoms with Crippen LogP contribution in [0.1, 0.15) is 24.0 Å². The largest absolute Gasteiger partial charge is 0.322 e. The molecule has 1 aliphatic rings. The molecule has 0 atom stereocenters. The van der Waals surface area contributed by atoms with E-state index in [1.54, 1.807) is 23.1 Å². The molecule has 1 fully saturated rings. The highest BCUT2D eigenvalue weighted by Gasteiger charge is 2.29. The molecule has 1 heterocycles. The Hall–Kier alpha value is -3.25. The van der Waals surface area contributed by atoms with Crippen LogP contribution in [-0.4, -0.2) is 35.0 Å². The van der Waals surface area contributed by atoms with Crippen LogP contribution in [0.25, 0.3) is 0 Å². The lowest BCUT2D eigenvalue weighted by molar-refractivity contribution is 0.119. The zero-order valence-corrected chi connectivity index (χ0v) is 17.9. The van der Waals surface area contributed by atoms with Crippen LogP contribution in [-0.2, 0) is 13.1 Å². The lowest BCUT2D eigenvalue weighted by atomic mass is 10.0. The molecule has 0 unspecified atom stereocenters. The van der Waals surface area contributed by atoms with Gasteiger partial charge in [-0.05, 0) is 48.7 Å². The number of anilines is 1. The lowest BCUT2D eigenvalue weighted by Gasteiger charge is -2.38. The van der Waals surface area contributed by atoms with Crippen LogP contribution < -0.4 is 5.32 Å². The van der Waals surface area contributed by atoms with E-state index in [0.29, 0.717) is 11.3 Å². The summed E-state index contributed by atoms with van der Waals surface area (Å²) in [6, 6.07) is 22.2. The van der Waals surface area contributed by atoms with E-state index < -0.39 is 0 Å². The van der Waals surface area contributed by atoms with Crippen molar-refractivity contribution in [2.45, 2.75) is 32.0 Å². The van der Waals surface area contributed by atoms with Crippen molar-refractivity contribution < 1.29 is 13.6 Å². The average molecular weight is 436 g/mol. The molecule has 0 spiro atoms. The molecule has 1 saturated heterocycles. The van der Waals surface area contributed by atoms with Crippen molar-refractivity contribution in [2.24, 2.45) is 0 Å². The average Bonchev–Trinajstić information content (AvgIpc) is 2.81. The normalized spacial score (nSPS) is 14.8. The van der Waals surface area contributed by atoms with Crippen molar-refractivity contribution in [1.82, 2.24) is 9.80 Å². The summed E-state index contributed by atoms with van der Waals surface area (Å²) in [5, 5.41) is 2.84. The number of halogens is 2. The summed E-state index contributed by atoms with van der Waals surface area (Å²) in [4.78, 5) is 17.3. The van der Waals surface area contributed by atoms with Crippen LogP contribution in [0, 0.1) is 11.6 Å². The second kappa shape index (κ2) is 10.4. The number of nitrogens with zero attached hydrogens (tertiary/aromatic N) is 2. The molecule has 1 aliphatic heterocycles. The maximum atomic E-state index is 14.3. The molecule has 6 heteroatoms. The van der Waals surface area contributed by atoms with Crippen LogP contribution >= 0.6 is 0 Å². The van der Waals surface area contributed by atoms with Crippen LogP contribution in [0.3, 0.4) is 0 Å². The van der Waals surface area contributed by atoms with E-state index in [9.17, 15) is 13.6 Å². The Morgan fingerprint density at radius 2 is 1.56 bits per heavy atom. The molecule has 3 aromatic rings. The van der Waals surface area contributed by atoms with Crippen molar-refractivity contribution in [3.05, 3.63) is 102 Å². The van der Waals surface area contributed by atoms with E-state index in [0.717, 1.165) is 32.5 Å². The Bertz CT molecular complexity index is 1020. The van der Waals surface area contributed by atoms with Gasteiger partial charge < -0.3 is 10.2 Å². The molecule has 32 heavy (non-hydrogen) atoms. The van der Waals surface area contributed by atoms with Gasteiger partial charge in [0.2, 0.25) is 0 Å². The van der Waals surface area contributed by atoms with E-state index in [1.165, 1.54) is 35.9 Å². The molecule has 0 aliphatic carbocycles. The fraction of sp³-hybridized carbons (Fsp3) is 0.269. The van der Waals surface area contributed by atoms with Crippen molar-refractivity contribution in [1.29, 1.82) is 0 Å². The van der Waals surface area contributed by atoms with Crippen LogP contribution in [0.5, 0.6) is 0 Å². The molecule has 4 nitrogen and oxygen atoms in total. The third kappa shape index (κ3) is 5.71. The first kappa shape index (κ1) is 22.0. The third-order valence-corrected chi connectivity index (χ3v) is 5.90. The van der Waals surface area contributed by atoms with Gasteiger partial charge >= 0.3 is 6.03 Å². The molecule has 3 aromatic carbocycles. The topological polar surface area (TPSA) is 35.6 Å². The Morgan fingerprint density at radius 1 is 0.906 bits per heavy atom. The van der Waals surface area contributed by atoms with Crippen LogP contribution in [0.4, 0.5) is 19.3 Å². The van der Waals surface area contributed by atoms with E-state index in [1.807, 2.05) is 18.2 Å². The minimum Gasteiger partial charge on any atom is -0.317 e. The van der Waals surface area contributed by atoms with Gasteiger partial charge in [0.1, 0.15) is 11.6 Å². The van der Waals surface area contributed by atoms with Gasteiger partial charge in [-0.15, -0.1) is 0 Å². The molecule has 0 bridgehead atoms. The summed E-state index contributed by atoms with van der Waals surface area (Å²) in [5.74, 6) is -0.689. The van der Waals surface area contributed by atoms with Gasteiger partial charge in [-0.2, -0.15) is 0 Å². The Balaban J connectivity index is 1.45. The summed E-state index contributed by atoms with van der Waals surface area (Å²) in [5.41, 5.74) is 2.26. The van der Waals surface area contributed by atoms with E-state index in [2.05, 4.69) is 22.3 Å². The number of piperidine rings is 1. The molecule has 4 rings (SSSR count).